The Morgan fingerprint density at radius 3 is 2.71 bits per heavy atom. The zero-order valence-corrected chi connectivity index (χ0v) is 10.2. The van der Waals surface area contributed by atoms with E-state index >= 15 is 0 Å². The van der Waals surface area contributed by atoms with Crippen LogP contribution in [0.5, 0.6) is 0 Å². The predicted molar refractivity (Wildman–Crippen MR) is 67.5 cm³/mol. The first-order valence-electron chi connectivity index (χ1n) is 6.20. The van der Waals surface area contributed by atoms with Crippen LogP contribution in [0.1, 0.15) is 37.7 Å². The van der Waals surface area contributed by atoms with Crippen molar-refractivity contribution < 1.29 is 4.79 Å². The lowest BCUT2D eigenvalue weighted by molar-refractivity contribution is -0.131. The van der Waals surface area contributed by atoms with Gasteiger partial charge in [-0.25, -0.2) is 4.98 Å². The van der Waals surface area contributed by atoms with Crippen LogP contribution in [-0.2, 0) is 4.79 Å². The number of hydrogen-bond donors (Lipinski definition) is 1. The molecular weight excluding hydrogens is 214 g/mol. The molecular formula is C13H19N3O. The average Bonchev–Trinajstić information content (AvgIpc) is 2.39. The van der Waals surface area contributed by atoms with Gasteiger partial charge in [0.25, 0.3) is 0 Å². The third kappa shape index (κ3) is 2.75. The van der Waals surface area contributed by atoms with Gasteiger partial charge in [-0.2, -0.15) is 0 Å². The van der Waals surface area contributed by atoms with Gasteiger partial charge in [-0.15, -0.1) is 0 Å². The van der Waals surface area contributed by atoms with Crippen LogP contribution in [0.2, 0.25) is 0 Å². The lowest BCUT2D eigenvalue weighted by Crippen LogP contribution is -2.37. The Balaban J connectivity index is 1.95. The van der Waals surface area contributed by atoms with E-state index < -0.39 is 0 Å². The summed E-state index contributed by atoms with van der Waals surface area (Å²) in [5, 5.41) is 0. The second-order valence-corrected chi connectivity index (χ2v) is 4.53. The first kappa shape index (κ1) is 11.9. The number of nitrogens with two attached hydrogens (primary N) is 1. The molecule has 0 radical (unpaired) electrons. The zero-order chi connectivity index (χ0) is 12.3. The molecule has 4 nitrogen and oxygen atoms in total. The maximum Gasteiger partial charge on any atom is 0.222 e. The van der Waals surface area contributed by atoms with Crippen molar-refractivity contribution in [1.82, 2.24) is 9.88 Å². The summed E-state index contributed by atoms with van der Waals surface area (Å²) in [5.41, 5.74) is 6.81. The highest BCUT2D eigenvalue weighted by atomic mass is 16.2. The van der Waals surface area contributed by atoms with Crippen molar-refractivity contribution in [2.45, 2.75) is 32.1 Å². The quantitative estimate of drug-likeness (QED) is 0.847. The van der Waals surface area contributed by atoms with Gasteiger partial charge < -0.3 is 10.6 Å². The minimum Gasteiger partial charge on any atom is -0.384 e. The van der Waals surface area contributed by atoms with E-state index in [4.69, 9.17) is 5.73 Å². The Morgan fingerprint density at radius 2 is 2.18 bits per heavy atom. The largest absolute Gasteiger partial charge is 0.384 e. The fourth-order valence-electron chi connectivity index (χ4n) is 2.34. The van der Waals surface area contributed by atoms with Crippen molar-refractivity contribution in [3.8, 4) is 0 Å². The maximum absolute atomic E-state index is 11.6. The molecule has 1 aromatic heterocycles. The van der Waals surface area contributed by atoms with E-state index in [0.717, 1.165) is 25.9 Å². The second kappa shape index (κ2) is 5.17. The number of rotatable bonds is 2. The third-order valence-electron chi connectivity index (χ3n) is 3.43. The van der Waals surface area contributed by atoms with Crippen LogP contribution in [0.15, 0.2) is 18.3 Å². The second-order valence-electron chi connectivity index (χ2n) is 4.53. The van der Waals surface area contributed by atoms with Gasteiger partial charge >= 0.3 is 0 Å². The number of carbonyl (C=O) groups excluding carboxylic acids is 1. The normalized spacial score (nSPS) is 17.1. The molecule has 1 aliphatic rings. The van der Waals surface area contributed by atoms with Gasteiger partial charge in [0.05, 0.1) is 0 Å². The molecule has 1 amide bonds. The Morgan fingerprint density at radius 1 is 1.47 bits per heavy atom. The Kier molecular flexibility index (Phi) is 3.61. The van der Waals surface area contributed by atoms with Crippen molar-refractivity contribution >= 4 is 11.7 Å². The Bertz CT molecular complexity index is 380. The summed E-state index contributed by atoms with van der Waals surface area (Å²) in [5.74, 6) is 1.34. The fraction of sp³-hybridized carbons (Fsp3) is 0.538. The Hall–Kier alpha value is -1.58. The molecule has 0 spiro atoms. The molecule has 4 heteroatoms. The maximum atomic E-state index is 11.6. The predicted octanol–water partition coefficient (Wildman–Crippen LogP) is 1.78. The number of pyridine rings is 1. The Labute approximate surface area is 102 Å². The van der Waals surface area contributed by atoms with Crippen LogP contribution < -0.4 is 5.73 Å². The van der Waals surface area contributed by atoms with Crippen molar-refractivity contribution in [3.05, 3.63) is 23.9 Å². The first-order chi connectivity index (χ1) is 8.20. The van der Waals surface area contributed by atoms with E-state index in [2.05, 4.69) is 4.98 Å². The van der Waals surface area contributed by atoms with Crippen LogP contribution in [0.3, 0.4) is 0 Å². The molecule has 17 heavy (non-hydrogen) atoms. The van der Waals surface area contributed by atoms with Crippen LogP contribution in [-0.4, -0.2) is 28.9 Å². The van der Waals surface area contributed by atoms with Crippen molar-refractivity contribution in [3.63, 3.8) is 0 Å². The molecule has 92 valence electrons. The minimum atomic E-state index is 0.263. The molecule has 1 aliphatic heterocycles. The summed E-state index contributed by atoms with van der Waals surface area (Å²) in [4.78, 5) is 17.6. The third-order valence-corrected chi connectivity index (χ3v) is 3.43. The summed E-state index contributed by atoms with van der Waals surface area (Å²) < 4.78 is 0. The number of anilines is 1. The molecule has 0 aliphatic carbocycles. The SMILES string of the molecule is CCC(=O)N1CCC(c2ccc(N)nc2)CC1. The van der Waals surface area contributed by atoms with Gasteiger partial charge in [0.1, 0.15) is 5.82 Å². The number of carbonyl (C=O) groups is 1. The summed E-state index contributed by atoms with van der Waals surface area (Å²) in [6.07, 6.45) is 4.51. The monoisotopic (exact) mass is 233 g/mol. The fourth-order valence-corrected chi connectivity index (χ4v) is 2.34. The molecule has 0 saturated carbocycles. The number of hydrogen-bond acceptors (Lipinski definition) is 3. The molecule has 1 fully saturated rings. The lowest BCUT2D eigenvalue weighted by atomic mass is 9.90. The van der Waals surface area contributed by atoms with E-state index in [0.29, 0.717) is 18.2 Å². The number of nitrogen functional groups attached to an aromatic ring is 1. The van der Waals surface area contributed by atoms with Gasteiger partial charge in [-0.3, -0.25) is 4.79 Å². The number of amides is 1. The van der Waals surface area contributed by atoms with Crippen molar-refractivity contribution in [1.29, 1.82) is 0 Å². The van der Waals surface area contributed by atoms with Crippen LogP contribution in [0.4, 0.5) is 5.82 Å². The summed E-state index contributed by atoms with van der Waals surface area (Å²) in [6, 6.07) is 3.89. The molecule has 0 atom stereocenters. The highest BCUT2D eigenvalue weighted by molar-refractivity contribution is 5.75. The molecule has 1 saturated heterocycles. The molecule has 0 unspecified atom stereocenters. The highest BCUT2D eigenvalue weighted by Crippen LogP contribution is 2.27. The minimum absolute atomic E-state index is 0.263. The highest BCUT2D eigenvalue weighted by Gasteiger charge is 2.22. The van der Waals surface area contributed by atoms with Gasteiger partial charge in [-0.1, -0.05) is 13.0 Å². The van der Waals surface area contributed by atoms with E-state index in [1.54, 1.807) is 0 Å². The summed E-state index contributed by atoms with van der Waals surface area (Å²) >= 11 is 0. The molecule has 2 N–H and O–H groups in total. The van der Waals surface area contributed by atoms with Gasteiger partial charge in [-0.05, 0) is 30.4 Å². The van der Waals surface area contributed by atoms with Gasteiger partial charge in [0.2, 0.25) is 5.91 Å². The molecule has 2 rings (SSSR count). The topological polar surface area (TPSA) is 59.2 Å². The number of piperidine rings is 1. The average molecular weight is 233 g/mol. The summed E-state index contributed by atoms with van der Waals surface area (Å²) in [6.45, 7) is 3.64. The van der Waals surface area contributed by atoms with E-state index in [1.165, 1.54) is 5.56 Å². The van der Waals surface area contributed by atoms with Crippen molar-refractivity contribution in [2.75, 3.05) is 18.8 Å². The molecule has 2 heterocycles. The van der Waals surface area contributed by atoms with E-state index in [9.17, 15) is 4.79 Å². The first-order valence-corrected chi connectivity index (χ1v) is 6.20. The van der Waals surface area contributed by atoms with Gasteiger partial charge in [0, 0.05) is 25.7 Å². The summed E-state index contributed by atoms with van der Waals surface area (Å²) in [7, 11) is 0. The smallest absolute Gasteiger partial charge is 0.222 e. The number of nitrogens with zero attached hydrogens (tertiary/aromatic N) is 2. The molecule has 1 aromatic rings. The van der Waals surface area contributed by atoms with Crippen molar-refractivity contribution in [2.24, 2.45) is 0 Å². The van der Waals surface area contributed by atoms with Crippen LogP contribution in [0.25, 0.3) is 0 Å². The van der Waals surface area contributed by atoms with Crippen LogP contribution >= 0.6 is 0 Å². The lowest BCUT2D eigenvalue weighted by Gasteiger charge is -2.32. The van der Waals surface area contributed by atoms with E-state index in [-0.39, 0.29) is 5.91 Å². The zero-order valence-electron chi connectivity index (χ0n) is 10.2. The standard InChI is InChI=1S/C13H19N3O/c1-2-13(17)16-7-5-10(6-8-16)11-3-4-12(14)15-9-11/h3-4,9-10H,2,5-8H2,1H3,(H2,14,15). The molecule has 0 aromatic carbocycles. The molecule has 0 bridgehead atoms. The van der Waals surface area contributed by atoms with Crippen LogP contribution in [0, 0.1) is 0 Å². The number of likely N-dealkylation sites (tertiary alicyclic amines) is 1. The van der Waals surface area contributed by atoms with Gasteiger partial charge in [0.15, 0.2) is 0 Å². The number of aromatic nitrogens is 1. The van der Waals surface area contributed by atoms with E-state index in [1.807, 2.05) is 30.2 Å².